The lowest BCUT2D eigenvalue weighted by molar-refractivity contribution is -0.0127. The zero-order valence-corrected chi connectivity index (χ0v) is 15.9. The van der Waals surface area contributed by atoms with E-state index >= 15 is 0 Å². The molecule has 1 unspecified atom stereocenters. The van der Waals surface area contributed by atoms with Gasteiger partial charge in [-0.15, -0.1) is 0 Å². The van der Waals surface area contributed by atoms with E-state index in [1.165, 1.54) is 38.5 Å². The molecule has 1 saturated heterocycles. The molecule has 1 aliphatic heterocycles. The fourth-order valence-electron chi connectivity index (χ4n) is 4.69. The molecule has 4 heteroatoms. The second kappa shape index (κ2) is 7.74. The number of rotatable bonds is 7. The standard InChI is InChI=1S/C21H31N3O/c1-4-10-21(3,5-2)17-7-8-18(11-17)24-14-19(15-24)25-20-9-6-16(12-22)13-23-20/h6,9,13,17-19H,4-5,7-8,10-11,14-15H2,1-3H3/t17?,18-,21+/m0/s1. The number of likely N-dealkylation sites (tertiary alicyclic amines) is 1. The van der Waals surface area contributed by atoms with Crippen LogP contribution in [0.3, 0.4) is 0 Å². The van der Waals surface area contributed by atoms with E-state index in [4.69, 9.17) is 10.00 Å². The molecule has 3 atom stereocenters. The van der Waals surface area contributed by atoms with Crippen LogP contribution in [0, 0.1) is 22.7 Å². The fraction of sp³-hybridized carbons (Fsp3) is 0.714. The third kappa shape index (κ3) is 3.98. The van der Waals surface area contributed by atoms with Crippen LogP contribution in [-0.2, 0) is 0 Å². The molecule has 0 aromatic carbocycles. The van der Waals surface area contributed by atoms with Gasteiger partial charge in [0.25, 0.3) is 0 Å². The Morgan fingerprint density at radius 1 is 1.32 bits per heavy atom. The highest BCUT2D eigenvalue weighted by molar-refractivity contribution is 5.28. The topological polar surface area (TPSA) is 49.1 Å². The average Bonchev–Trinajstić information content (AvgIpc) is 3.08. The van der Waals surface area contributed by atoms with Gasteiger partial charge in [0.05, 0.1) is 5.56 Å². The summed E-state index contributed by atoms with van der Waals surface area (Å²) in [6.07, 6.45) is 9.85. The Balaban J connectivity index is 1.46. The molecule has 1 aromatic heterocycles. The molecule has 0 bridgehead atoms. The summed E-state index contributed by atoms with van der Waals surface area (Å²) in [4.78, 5) is 6.80. The number of pyridine rings is 1. The summed E-state index contributed by atoms with van der Waals surface area (Å²) >= 11 is 0. The van der Waals surface area contributed by atoms with E-state index in [1.807, 2.05) is 0 Å². The maximum Gasteiger partial charge on any atom is 0.213 e. The smallest absolute Gasteiger partial charge is 0.213 e. The number of hydrogen-bond donors (Lipinski definition) is 0. The lowest BCUT2D eigenvalue weighted by atomic mass is 9.71. The third-order valence-electron chi connectivity index (χ3n) is 6.56. The minimum absolute atomic E-state index is 0.243. The summed E-state index contributed by atoms with van der Waals surface area (Å²) in [7, 11) is 0. The van der Waals surface area contributed by atoms with Crippen LogP contribution >= 0.6 is 0 Å². The van der Waals surface area contributed by atoms with Gasteiger partial charge in [0.15, 0.2) is 0 Å². The monoisotopic (exact) mass is 341 g/mol. The van der Waals surface area contributed by atoms with Gasteiger partial charge in [-0.1, -0.05) is 33.6 Å². The fourth-order valence-corrected chi connectivity index (χ4v) is 4.69. The molecule has 2 heterocycles. The molecule has 136 valence electrons. The van der Waals surface area contributed by atoms with Crippen LogP contribution in [0.5, 0.6) is 5.88 Å². The summed E-state index contributed by atoms with van der Waals surface area (Å²) in [6, 6.07) is 6.38. The Morgan fingerprint density at radius 3 is 2.72 bits per heavy atom. The van der Waals surface area contributed by atoms with Crippen LogP contribution in [-0.4, -0.2) is 35.1 Å². The second-order valence-electron chi connectivity index (χ2n) is 8.11. The number of hydrogen-bond acceptors (Lipinski definition) is 4. The van der Waals surface area contributed by atoms with Crippen molar-refractivity contribution in [3.63, 3.8) is 0 Å². The van der Waals surface area contributed by atoms with Gasteiger partial charge in [0.2, 0.25) is 5.88 Å². The molecule has 0 N–H and O–H groups in total. The molecule has 0 radical (unpaired) electrons. The summed E-state index contributed by atoms with van der Waals surface area (Å²) in [5, 5.41) is 8.82. The first-order valence-corrected chi connectivity index (χ1v) is 9.84. The number of ether oxygens (including phenoxy) is 1. The van der Waals surface area contributed by atoms with E-state index < -0.39 is 0 Å². The van der Waals surface area contributed by atoms with E-state index in [0.29, 0.717) is 16.9 Å². The van der Waals surface area contributed by atoms with Crippen LogP contribution in [0.1, 0.15) is 64.9 Å². The molecule has 2 fully saturated rings. The number of nitriles is 1. The maximum atomic E-state index is 8.82. The Bertz CT molecular complexity index is 603. The minimum Gasteiger partial charge on any atom is -0.472 e. The Labute approximate surface area is 152 Å². The van der Waals surface area contributed by atoms with Gasteiger partial charge in [-0.2, -0.15) is 5.26 Å². The molecule has 4 nitrogen and oxygen atoms in total. The Morgan fingerprint density at radius 2 is 2.12 bits per heavy atom. The van der Waals surface area contributed by atoms with Crippen molar-refractivity contribution in [2.24, 2.45) is 11.3 Å². The molecule has 1 aromatic rings. The lowest BCUT2D eigenvalue weighted by Crippen LogP contribution is -2.57. The molecule has 0 amide bonds. The zero-order valence-electron chi connectivity index (χ0n) is 15.9. The third-order valence-corrected chi connectivity index (χ3v) is 6.56. The molecule has 1 saturated carbocycles. The highest BCUT2D eigenvalue weighted by Gasteiger charge is 2.42. The van der Waals surface area contributed by atoms with Crippen molar-refractivity contribution in [2.45, 2.75) is 71.4 Å². The number of aromatic nitrogens is 1. The van der Waals surface area contributed by atoms with Crippen LogP contribution in [0.25, 0.3) is 0 Å². The second-order valence-corrected chi connectivity index (χ2v) is 8.11. The van der Waals surface area contributed by atoms with Gasteiger partial charge in [-0.05, 0) is 43.1 Å². The SMILES string of the molecule is CCC[C@@](C)(CC)C1CC[C@H](N2CC(Oc3ccc(C#N)cn3)C2)C1. The summed E-state index contributed by atoms with van der Waals surface area (Å²) in [6.45, 7) is 9.20. The van der Waals surface area contributed by atoms with Gasteiger partial charge < -0.3 is 4.74 Å². The quantitative estimate of drug-likeness (QED) is 0.737. The van der Waals surface area contributed by atoms with E-state index in [-0.39, 0.29) is 6.10 Å². The summed E-state index contributed by atoms with van der Waals surface area (Å²) in [5.74, 6) is 1.51. The van der Waals surface area contributed by atoms with Crippen molar-refractivity contribution in [3.05, 3.63) is 23.9 Å². The van der Waals surface area contributed by atoms with E-state index in [1.54, 1.807) is 18.3 Å². The molecule has 3 rings (SSSR count). The summed E-state index contributed by atoms with van der Waals surface area (Å²) < 4.78 is 5.93. The highest BCUT2D eigenvalue weighted by atomic mass is 16.5. The van der Waals surface area contributed by atoms with E-state index in [9.17, 15) is 0 Å². The number of nitrogens with zero attached hydrogens (tertiary/aromatic N) is 3. The van der Waals surface area contributed by atoms with Crippen molar-refractivity contribution >= 4 is 0 Å². The highest BCUT2D eigenvalue weighted by Crippen LogP contribution is 2.46. The van der Waals surface area contributed by atoms with Crippen molar-refractivity contribution < 1.29 is 4.74 Å². The Hall–Kier alpha value is -1.60. The van der Waals surface area contributed by atoms with Crippen LogP contribution in [0.15, 0.2) is 18.3 Å². The van der Waals surface area contributed by atoms with Crippen molar-refractivity contribution in [2.75, 3.05) is 13.1 Å². The van der Waals surface area contributed by atoms with Gasteiger partial charge in [0.1, 0.15) is 12.2 Å². The summed E-state index contributed by atoms with van der Waals surface area (Å²) in [5.41, 5.74) is 1.10. The van der Waals surface area contributed by atoms with E-state index in [2.05, 4.69) is 36.7 Å². The van der Waals surface area contributed by atoms with Crippen LogP contribution in [0.2, 0.25) is 0 Å². The van der Waals surface area contributed by atoms with Crippen molar-refractivity contribution in [1.29, 1.82) is 5.26 Å². The first-order chi connectivity index (χ1) is 12.1. The van der Waals surface area contributed by atoms with Crippen LogP contribution < -0.4 is 4.74 Å². The minimum atomic E-state index is 0.243. The first-order valence-electron chi connectivity index (χ1n) is 9.84. The van der Waals surface area contributed by atoms with Gasteiger partial charge >= 0.3 is 0 Å². The average molecular weight is 341 g/mol. The molecular weight excluding hydrogens is 310 g/mol. The van der Waals surface area contributed by atoms with Gasteiger partial charge in [-0.3, -0.25) is 4.90 Å². The molecule has 2 aliphatic rings. The largest absolute Gasteiger partial charge is 0.472 e. The molecule has 25 heavy (non-hydrogen) atoms. The van der Waals surface area contributed by atoms with Gasteiger partial charge in [-0.25, -0.2) is 4.98 Å². The Kier molecular flexibility index (Phi) is 5.64. The zero-order chi connectivity index (χ0) is 17.9. The lowest BCUT2D eigenvalue weighted by Gasteiger charge is -2.43. The first kappa shape index (κ1) is 18.2. The normalized spacial score (nSPS) is 26.6. The molecule has 0 spiro atoms. The predicted octanol–water partition coefficient (Wildman–Crippen LogP) is 4.40. The van der Waals surface area contributed by atoms with E-state index in [0.717, 1.165) is 25.0 Å². The van der Waals surface area contributed by atoms with Crippen molar-refractivity contribution in [3.8, 4) is 11.9 Å². The van der Waals surface area contributed by atoms with Crippen LogP contribution in [0.4, 0.5) is 0 Å². The van der Waals surface area contributed by atoms with Gasteiger partial charge in [0, 0.05) is 31.4 Å². The van der Waals surface area contributed by atoms with Crippen molar-refractivity contribution in [1.82, 2.24) is 9.88 Å². The molecular formula is C21H31N3O. The molecule has 1 aliphatic carbocycles. The predicted molar refractivity (Wildman–Crippen MR) is 99.4 cm³/mol. The maximum absolute atomic E-state index is 8.82.